The van der Waals surface area contributed by atoms with Gasteiger partial charge >= 0.3 is 5.97 Å². The van der Waals surface area contributed by atoms with E-state index in [-0.39, 0.29) is 11.8 Å². The van der Waals surface area contributed by atoms with Gasteiger partial charge in [-0.3, -0.25) is 24.5 Å². The Morgan fingerprint density at radius 1 is 0.716 bits per heavy atom. The van der Waals surface area contributed by atoms with Crippen LogP contribution in [-0.2, 0) is 48.4 Å². The van der Waals surface area contributed by atoms with E-state index in [1.165, 1.54) is 47.4 Å². The standard InChI is InChI=1S/C29H34N6O2S.C21H20N4O3S/c1-2-37-24-12-20-15-30-14-19(20)11-23(24)33-27-26-22-7-6-18(13-25(22)38-28(26)32-17-31-27)29(36)35-10-9-34-8-4-3-5-21(34)16-35;1-2-28-16-6-13-9-22-8-12(13)5-15(16)25-19-18-14-4-3-11(21(26)27)7-17(14)29-20(18)24-10-23-19/h11-12,14,17-18,21H,2-10,13,15-16H2,1H3,(H,31,32,33);5-6,8,10-11H,2-4,7,9H2,1H3,(H,26,27)(H,23,24,25). The van der Waals surface area contributed by atoms with Crippen molar-refractivity contribution in [3.63, 3.8) is 0 Å². The van der Waals surface area contributed by atoms with E-state index in [9.17, 15) is 14.7 Å². The predicted molar refractivity (Wildman–Crippen MR) is 264 cm³/mol. The number of hydrogen-bond donors (Lipinski definition) is 3. The lowest BCUT2D eigenvalue weighted by Crippen LogP contribution is -2.57. The van der Waals surface area contributed by atoms with Crippen molar-refractivity contribution in [3.8, 4) is 11.5 Å². The summed E-state index contributed by atoms with van der Waals surface area (Å²) in [5.41, 5.74) is 8.74. The second kappa shape index (κ2) is 18.6. The average molecular weight is 939 g/mol. The number of aromatic nitrogens is 4. The average Bonchev–Trinajstić information content (AvgIpc) is 4.16. The lowest BCUT2D eigenvalue weighted by atomic mass is 9.86. The van der Waals surface area contributed by atoms with Gasteiger partial charge in [0.15, 0.2) is 0 Å². The van der Waals surface area contributed by atoms with Gasteiger partial charge in [0.1, 0.15) is 45.5 Å². The number of carbonyl (C=O) groups excluding carboxylic acids is 1. The topological polar surface area (TPSA) is 180 Å². The van der Waals surface area contributed by atoms with E-state index in [4.69, 9.17) is 9.47 Å². The molecule has 0 bridgehead atoms. The Morgan fingerprint density at radius 2 is 1.28 bits per heavy atom. The van der Waals surface area contributed by atoms with Crippen LogP contribution in [0.15, 0.2) is 46.9 Å². The van der Waals surface area contributed by atoms with E-state index >= 15 is 0 Å². The maximum Gasteiger partial charge on any atom is 0.306 e. The summed E-state index contributed by atoms with van der Waals surface area (Å²) in [5, 5.41) is 18.5. The molecule has 17 heteroatoms. The van der Waals surface area contributed by atoms with Gasteiger partial charge in [0.05, 0.1) is 54.4 Å². The molecule has 3 atom stereocenters. The van der Waals surface area contributed by atoms with Crippen molar-refractivity contribution >= 4 is 90.4 Å². The minimum atomic E-state index is -0.723. The summed E-state index contributed by atoms with van der Waals surface area (Å²) in [5.74, 6) is 2.51. The van der Waals surface area contributed by atoms with Gasteiger partial charge in [0.2, 0.25) is 5.91 Å². The lowest BCUT2D eigenvalue weighted by Gasteiger charge is -2.45. The Kier molecular flexibility index (Phi) is 12.1. The molecule has 4 aromatic heterocycles. The molecule has 0 spiro atoms. The van der Waals surface area contributed by atoms with E-state index < -0.39 is 5.97 Å². The number of nitrogens with one attached hydrogen (secondary N) is 2. The molecule has 346 valence electrons. The van der Waals surface area contributed by atoms with Crippen LogP contribution in [0.5, 0.6) is 11.5 Å². The van der Waals surface area contributed by atoms with E-state index in [0.717, 1.165) is 122 Å². The van der Waals surface area contributed by atoms with Gasteiger partial charge in [0, 0.05) is 53.8 Å². The highest BCUT2D eigenvalue weighted by Gasteiger charge is 2.36. The number of benzene rings is 2. The number of piperidine rings is 1. The van der Waals surface area contributed by atoms with Crippen LogP contribution in [0.4, 0.5) is 23.0 Å². The van der Waals surface area contributed by atoms with Crippen LogP contribution in [0.1, 0.15) is 89.1 Å². The molecule has 2 aliphatic carbocycles. The summed E-state index contributed by atoms with van der Waals surface area (Å²) in [6.07, 6.45) is 15.3. The Bertz CT molecular complexity index is 2970. The van der Waals surface area contributed by atoms with Crippen LogP contribution in [0.25, 0.3) is 20.4 Å². The quantitative estimate of drug-likeness (QED) is 0.119. The first kappa shape index (κ1) is 43.5. The molecular weight excluding hydrogens is 885 g/mol. The van der Waals surface area contributed by atoms with Crippen molar-refractivity contribution in [1.82, 2.24) is 29.7 Å². The molecule has 67 heavy (non-hydrogen) atoms. The first-order chi connectivity index (χ1) is 32.8. The smallest absolute Gasteiger partial charge is 0.306 e. The number of hydrogen-bond acceptors (Lipinski definition) is 15. The van der Waals surface area contributed by atoms with E-state index in [0.29, 0.717) is 51.1 Å². The summed E-state index contributed by atoms with van der Waals surface area (Å²) >= 11 is 3.30. The molecule has 0 radical (unpaired) electrons. The minimum absolute atomic E-state index is 0.0654. The van der Waals surface area contributed by atoms with E-state index in [1.54, 1.807) is 35.3 Å². The predicted octanol–water partition coefficient (Wildman–Crippen LogP) is 8.52. The fourth-order valence-corrected chi connectivity index (χ4v) is 13.3. The van der Waals surface area contributed by atoms with Crippen molar-refractivity contribution in [3.05, 3.63) is 80.1 Å². The van der Waals surface area contributed by atoms with E-state index in [1.807, 2.05) is 38.4 Å². The van der Waals surface area contributed by atoms with Gasteiger partial charge in [-0.05, 0) is 129 Å². The van der Waals surface area contributed by atoms with Crippen molar-refractivity contribution in [1.29, 1.82) is 0 Å². The van der Waals surface area contributed by atoms with Crippen LogP contribution in [-0.4, -0.2) is 105 Å². The van der Waals surface area contributed by atoms with Gasteiger partial charge in [-0.25, -0.2) is 19.9 Å². The highest BCUT2D eigenvalue weighted by molar-refractivity contribution is 7.19. The number of thiophene rings is 2. The third-order valence-corrected chi connectivity index (χ3v) is 16.4. The fraction of sp³-hybridized carbons (Fsp3) is 0.440. The molecule has 4 aliphatic heterocycles. The zero-order chi connectivity index (χ0) is 45.6. The zero-order valence-electron chi connectivity index (χ0n) is 37.8. The van der Waals surface area contributed by atoms with Gasteiger partial charge in [0.25, 0.3) is 0 Å². The monoisotopic (exact) mass is 938 g/mol. The van der Waals surface area contributed by atoms with Crippen LogP contribution in [0.2, 0.25) is 0 Å². The number of nitrogens with zero attached hydrogens (tertiary/aromatic N) is 8. The van der Waals surface area contributed by atoms with Crippen molar-refractivity contribution in [2.75, 3.05) is 50.0 Å². The van der Waals surface area contributed by atoms with Crippen LogP contribution in [0, 0.1) is 11.8 Å². The van der Waals surface area contributed by atoms with Crippen LogP contribution >= 0.6 is 22.7 Å². The molecule has 12 rings (SSSR count). The Morgan fingerprint density at radius 3 is 1.85 bits per heavy atom. The molecule has 3 N–H and O–H groups in total. The molecule has 2 fully saturated rings. The van der Waals surface area contributed by atoms with Gasteiger partial charge in [-0.15, -0.1) is 22.7 Å². The maximum atomic E-state index is 13.6. The second-order valence-electron chi connectivity index (χ2n) is 18.1. The highest BCUT2D eigenvalue weighted by Crippen LogP contribution is 2.44. The largest absolute Gasteiger partial charge is 0.492 e. The maximum absolute atomic E-state index is 13.6. The molecule has 1 amide bonds. The number of aryl methyl sites for hydroxylation is 2. The molecule has 3 unspecified atom stereocenters. The number of piperazine rings is 1. The molecule has 2 saturated heterocycles. The number of ether oxygens (including phenoxy) is 2. The lowest BCUT2D eigenvalue weighted by molar-refractivity contribution is -0.142. The number of aliphatic carboxylic acids is 1. The van der Waals surface area contributed by atoms with E-state index in [2.05, 4.69) is 62.5 Å². The van der Waals surface area contributed by atoms with Crippen LogP contribution < -0.4 is 20.1 Å². The third-order valence-electron chi connectivity index (χ3n) is 14.1. The summed E-state index contributed by atoms with van der Waals surface area (Å²) in [7, 11) is 0. The molecule has 2 aromatic carbocycles. The first-order valence-corrected chi connectivity index (χ1v) is 25.3. The molecule has 8 heterocycles. The number of amides is 1. The van der Waals surface area contributed by atoms with Crippen molar-refractivity contribution < 1.29 is 24.2 Å². The molecule has 0 saturated carbocycles. The van der Waals surface area contributed by atoms with Crippen LogP contribution in [0.3, 0.4) is 0 Å². The number of fused-ring (bicyclic) bond motifs is 9. The molecule has 15 nitrogen and oxygen atoms in total. The zero-order valence-corrected chi connectivity index (χ0v) is 39.5. The molecule has 6 aliphatic rings. The number of carboxylic acids is 1. The van der Waals surface area contributed by atoms with Gasteiger partial charge < -0.3 is 30.1 Å². The molecular formula is C50H54N10O5S2. The summed E-state index contributed by atoms with van der Waals surface area (Å²) in [4.78, 5) is 61.0. The summed E-state index contributed by atoms with van der Waals surface area (Å²) in [6, 6.07) is 8.82. The number of anilines is 4. The Hall–Kier alpha value is -6.04. The minimum Gasteiger partial charge on any atom is -0.492 e. The molecule has 6 aromatic rings. The summed E-state index contributed by atoms with van der Waals surface area (Å²) in [6.45, 7) is 10.5. The Labute approximate surface area is 396 Å². The number of aliphatic imine (C=N–C) groups is 2. The van der Waals surface area contributed by atoms with Gasteiger partial charge in [-0.2, -0.15) is 0 Å². The number of rotatable bonds is 10. The fourth-order valence-electron chi connectivity index (χ4n) is 10.7. The third kappa shape index (κ3) is 8.50. The van der Waals surface area contributed by atoms with Gasteiger partial charge in [-0.1, -0.05) is 6.42 Å². The number of carboxylic acid groups (broad SMARTS) is 1. The van der Waals surface area contributed by atoms with Crippen molar-refractivity contribution in [2.24, 2.45) is 21.8 Å². The SMILES string of the molecule is CCOc1cc2c(cc1Nc1ncnc3sc4c(c13)CCC(C(=O)N1CCN3CCCCC3C1)C4)C=NC2.CCOc1cc2c(cc1Nc1ncnc3sc4c(c13)CCC(C(=O)O)C4)C=NC2. The second-order valence-corrected chi connectivity index (χ2v) is 20.3. The summed E-state index contributed by atoms with van der Waals surface area (Å²) < 4.78 is 11.8. The highest BCUT2D eigenvalue weighted by atomic mass is 32.1. The Balaban J connectivity index is 0.000000153. The normalized spacial score (nSPS) is 20.3. The first-order valence-electron chi connectivity index (χ1n) is 23.7. The van der Waals surface area contributed by atoms with Crippen molar-refractivity contribution in [2.45, 2.75) is 90.8 Å². The number of carbonyl (C=O) groups is 2.